The van der Waals surface area contributed by atoms with Gasteiger partial charge in [-0.15, -0.1) is 0 Å². The fourth-order valence-electron chi connectivity index (χ4n) is 2.27. The first kappa shape index (κ1) is 15.7. The second-order valence-corrected chi connectivity index (χ2v) is 4.90. The summed E-state index contributed by atoms with van der Waals surface area (Å²) in [6.45, 7) is 2.00. The lowest BCUT2D eigenvalue weighted by molar-refractivity contribution is 0.0366. The molecule has 0 aliphatic rings. The number of benzene rings is 1. The summed E-state index contributed by atoms with van der Waals surface area (Å²) in [7, 11) is 5.30. The Morgan fingerprint density at radius 1 is 1.24 bits per heavy atom. The van der Waals surface area contributed by atoms with Gasteiger partial charge in [0.15, 0.2) is 0 Å². The van der Waals surface area contributed by atoms with E-state index in [0.717, 1.165) is 28.8 Å². The van der Waals surface area contributed by atoms with Crippen molar-refractivity contribution in [1.29, 1.82) is 0 Å². The Labute approximate surface area is 125 Å². The standard InChI is InChI=1S/C16H23N3O2/c1-17-9-12-8-16(18-10-13(21-3)11-20-2)14-6-4-5-7-15(14)19-12/h4-8,13,17H,9-11H2,1-3H3,(H,18,19). The molecule has 0 fully saturated rings. The van der Waals surface area contributed by atoms with Gasteiger partial charge in [0.25, 0.3) is 0 Å². The average Bonchev–Trinajstić information content (AvgIpc) is 2.51. The van der Waals surface area contributed by atoms with Crippen molar-refractivity contribution in [3.8, 4) is 0 Å². The summed E-state index contributed by atoms with van der Waals surface area (Å²) < 4.78 is 10.5. The topological polar surface area (TPSA) is 55.4 Å². The van der Waals surface area contributed by atoms with Crippen molar-refractivity contribution in [1.82, 2.24) is 10.3 Å². The fourth-order valence-corrected chi connectivity index (χ4v) is 2.27. The number of anilines is 1. The molecule has 0 aliphatic heterocycles. The van der Waals surface area contributed by atoms with Crippen LogP contribution in [-0.2, 0) is 16.0 Å². The summed E-state index contributed by atoms with van der Waals surface area (Å²) in [4.78, 5) is 4.65. The molecule has 2 rings (SSSR count). The van der Waals surface area contributed by atoms with Crippen molar-refractivity contribution >= 4 is 16.6 Å². The van der Waals surface area contributed by atoms with Gasteiger partial charge in [0.1, 0.15) is 0 Å². The van der Waals surface area contributed by atoms with Crippen LogP contribution in [0.3, 0.4) is 0 Å². The van der Waals surface area contributed by atoms with E-state index in [1.807, 2.05) is 25.2 Å². The Morgan fingerprint density at radius 3 is 2.76 bits per heavy atom. The number of rotatable bonds is 8. The van der Waals surface area contributed by atoms with Crippen LogP contribution in [0.25, 0.3) is 10.9 Å². The van der Waals surface area contributed by atoms with Crippen molar-refractivity contribution in [3.63, 3.8) is 0 Å². The summed E-state index contributed by atoms with van der Waals surface area (Å²) in [6.07, 6.45) is 0.0228. The molecule has 0 aliphatic carbocycles. The van der Waals surface area contributed by atoms with Gasteiger partial charge in [-0.2, -0.15) is 0 Å². The van der Waals surface area contributed by atoms with E-state index in [0.29, 0.717) is 13.2 Å². The van der Waals surface area contributed by atoms with E-state index in [1.54, 1.807) is 14.2 Å². The van der Waals surface area contributed by atoms with Gasteiger partial charge in [0.05, 0.1) is 23.9 Å². The number of aromatic nitrogens is 1. The number of ether oxygens (including phenoxy) is 2. The Balaban J connectivity index is 2.24. The van der Waals surface area contributed by atoms with Crippen molar-refractivity contribution in [2.45, 2.75) is 12.6 Å². The van der Waals surface area contributed by atoms with E-state index in [9.17, 15) is 0 Å². The van der Waals surface area contributed by atoms with Crippen LogP contribution in [0.2, 0.25) is 0 Å². The number of methoxy groups -OCH3 is 2. The number of nitrogens with zero attached hydrogens (tertiary/aromatic N) is 1. The average molecular weight is 289 g/mol. The maximum atomic E-state index is 5.39. The highest BCUT2D eigenvalue weighted by molar-refractivity contribution is 5.91. The molecule has 0 saturated heterocycles. The van der Waals surface area contributed by atoms with Crippen LogP contribution < -0.4 is 10.6 Å². The first-order valence-corrected chi connectivity index (χ1v) is 7.07. The van der Waals surface area contributed by atoms with Crippen LogP contribution in [0, 0.1) is 0 Å². The zero-order valence-electron chi connectivity index (χ0n) is 12.8. The molecular formula is C16H23N3O2. The summed E-state index contributed by atoms with van der Waals surface area (Å²) >= 11 is 0. The van der Waals surface area contributed by atoms with Crippen LogP contribution in [0.5, 0.6) is 0 Å². The number of fused-ring (bicyclic) bond motifs is 1. The molecule has 5 heteroatoms. The normalized spacial score (nSPS) is 12.5. The third-order valence-electron chi connectivity index (χ3n) is 3.33. The Hall–Kier alpha value is -1.69. The van der Waals surface area contributed by atoms with Crippen LogP contribution in [0.15, 0.2) is 30.3 Å². The number of para-hydroxylation sites is 1. The van der Waals surface area contributed by atoms with Crippen LogP contribution >= 0.6 is 0 Å². The van der Waals surface area contributed by atoms with E-state index in [2.05, 4.69) is 27.8 Å². The first-order chi connectivity index (χ1) is 10.3. The van der Waals surface area contributed by atoms with Crippen molar-refractivity contribution in [2.75, 3.05) is 39.7 Å². The summed E-state index contributed by atoms with van der Waals surface area (Å²) in [5.41, 5.74) is 3.08. The molecule has 0 bridgehead atoms. The highest BCUT2D eigenvalue weighted by Gasteiger charge is 2.09. The van der Waals surface area contributed by atoms with Gasteiger partial charge in [0, 0.05) is 38.4 Å². The smallest absolute Gasteiger partial charge is 0.0976 e. The van der Waals surface area contributed by atoms with Crippen LogP contribution in [0.1, 0.15) is 5.69 Å². The zero-order chi connectivity index (χ0) is 15.1. The van der Waals surface area contributed by atoms with Gasteiger partial charge in [-0.3, -0.25) is 4.98 Å². The van der Waals surface area contributed by atoms with Crippen LogP contribution in [0.4, 0.5) is 5.69 Å². The van der Waals surface area contributed by atoms with E-state index < -0.39 is 0 Å². The second kappa shape index (κ2) is 7.93. The third-order valence-corrected chi connectivity index (χ3v) is 3.33. The molecule has 0 saturated carbocycles. The van der Waals surface area contributed by atoms with Crippen LogP contribution in [-0.4, -0.2) is 45.5 Å². The molecule has 2 N–H and O–H groups in total. The quantitative estimate of drug-likeness (QED) is 0.779. The minimum Gasteiger partial charge on any atom is -0.382 e. The van der Waals surface area contributed by atoms with E-state index in [-0.39, 0.29) is 6.10 Å². The third kappa shape index (κ3) is 4.14. The van der Waals surface area contributed by atoms with Gasteiger partial charge in [-0.25, -0.2) is 0 Å². The maximum absolute atomic E-state index is 5.39. The molecule has 5 nitrogen and oxygen atoms in total. The van der Waals surface area contributed by atoms with E-state index in [4.69, 9.17) is 9.47 Å². The molecule has 1 atom stereocenters. The second-order valence-electron chi connectivity index (χ2n) is 4.90. The number of hydrogen-bond acceptors (Lipinski definition) is 5. The molecular weight excluding hydrogens is 266 g/mol. The van der Waals surface area contributed by atoms with Gasteiger partial charge >= 0.3 is 0 Å². The number of hydrogen-bond donors (Lipinski definition) is 2. The zero-order valence-corrected chi connectivity index (χ0v) is 12.8. The highest BCUT2D eigenvalue weighted by atomic mass is 16.5. The Kier molecular flexibility index (Phi) is 5.92. The first-order valence-electron chi connectivity index (χ1n) is 7.07. The van der Waals surface area contributed by atoms with E-state index in [1.165, 1.54) is 0 Å². The molecule has 21 heavy (non-hydrogen) atoms. The molecule has 0 radical (unpaired) electrons. The Morgan fingerprint density at radius 2 is 2.05 bits per heavy atom. The molecule has 0 spiro atoms. The SMILES string of the molecule is CNCc1cc(NCC(COC)OC)c2ccccc2n1. The predicted octanol–water partition coefficient (Wildman–Crippen LogP) is 2.03. The maximum Gasteiger partial charge on any atom is 0.0976 e. The molecule has 114 valence electrons. The molecule has 1 heterocycles. The lowest BCUT2D eigenvalue weighted by Gasteiger charge is -2.17. The molecule has 1 unspecified atom stereocenters. The highest BCUT2D eigenvalue weighted by Crippen LogP contribution is 2.23. The van der Waals surface area contributed by atoms with E-state index >= 15 is 0 Å². The van der Waals surface area contributed by atoms with Crippen molar-refractivity contribution in [3.05, 3.63) is 36.0 Å². The Bertz CT molecular complexity index is 574. The summed E-state index contributed by atoms with van der Waals surface area (Å²) in [6, 6.07) is 10.2. The lowest BCUT2D eigenvalue weighted by Crippen LogP contribution is -2.26. The molecule has 2 aromatic rings. The number of nitrogens with one attached hydrogen (secondary N) is 2. The van der Waals surface area contributed by atoms with Gasteiger partial charge in [-0.05, 0) is 19.2 Å². The largest absolute Gasteiger partial charge is 0.382 e. The monoisotopic (exact) mass is 289 g/mol. The van der Waals surface area contributed by atoms with Crippen molar-refractivity contribution in [2.24, 2.45) is 0 Å². The van der Waals surface area contributed by atoms with Gasteiger partial charge in [0.2, 0.25) is 0 Å². The number of pyridine rings is 1. The van der Waals surface area contributed by atoms with Gasteiger partial charge < -0.3 is 20.1 Å². The summed E-state index contributed by atoms with van der Waals surface area (Å²) in [5, 5.41) is 7.70. The minimum absolute atomic E-state index is 0.0228. The molecule has 0 amide bonds. The fraction of sp³-hybridized carbons (Fsp3) is 0.438. The molecule has 1 aromatic carbocycles. The van der Waals surface area contributed by atoms with Crippen molar-refractivity contribution < 1.29 is 9.47 Å². The molecule has 1 aromatic heterocycles. The minimum atomic E-state index is 0.0228. The van der Waals surface area contributed by atoms with Gasteiger partial charge in [-0.1, -0.05) is 18.2 Å². The predicted molar refractivity (Wildman–Crippen MR) is 85.7 cm³/mol. The lowest BCUT2D eigenvalue weighted by atomic mass is 10.1. The summed E-state index contributed by atoms with van der Waals surface area (Å²) in [5.74, 6) is 0.